The van der Waals surface area contributed by atoms with Gasteiger partial charge in [-0.15, -0.1) is 5.10 Å². The van der Waals surface area contributed by atoms with Gasteiger partial charge in [-0.3, -0.25) is 4.40 Å². The molecule has 1 fully saturated rings. The van der Waals surface area contributed by atoms with Crippen LogP contribution in [0.2, 0.25) is 0 Å². The van der Waals surface area contributed by atoms with Gasteiger partial charge in [0.1, 0.15) is 11.2 Å². The highest BCUT2D eigenvalue weighted by atomic mass is 19.3. The normalized spacial score (nSPS) is 20.2. The van der Waals surface area contributed by atoms with Crippen LogP contribution in [0.25, 0.3) is 22.3 Å². The number of piperidine rings is 1. The minimum absolute atomic E-state index is 0.114. The number of ether oxygens (including phenoxy) is 1. The summed E-state index contributed by atoms with van der Waals surface area (Å²) in [7, 11) is 1.18. The maximum Gasteiger partial charge on any atom is 0.280 e. The number of nitrogens with one attached hydrogen (secondary N) is 1. The number of hydrogen-bond donors (Lipinski definition) is 1. The Labute approximate surface area is 198 Å². The van der Waals surface area contributed by atoms with Crippen molar-refractivity contribution >= 4 is 17.1 Å². The highest BCUT2D eigenvalue weighted by Gasteiger charge is 2.44. The molecule has 5 rings (SSSR count). The lowest BCUT2D eigenvalue weighted by molar-refractivity contribution is -0.0675. The summed E-state index contributed by atoms with van der Waals surface area (Å²) < 4.78 is 115. The minimum Gasteiger partial charge on any atom is -0.479 e. The van der Waals surface area contributed by atoms with Crippen molar-refractivity contribution in [1.29, 1.82) is 0 Å². The van der Waals surface area contributed by atoms with Crippen molar-refractivity contribution in [2.45, 2.75) is 24.8 Å². The summed E-state index contributed by atoms with van der Waals surface area (Å²) in [5.74, 6) is -6.03. The summed E-state index contributed by atoms with van der Waals surface area (Å²) in [6, 6.07) is -0.630. The predicted octanol–water partition coefficient (Wildman–Crippen LogP) is 4.02. The lowest BCUT2D eigenvalue weighted by atomic mass is 10.0. The molecule has 1 atom stereocenters. The van der Waals surface area contributed by atoms with Crippen molar-refractivity contribution in [2.75, 3.05) is 32.5 Å². The largest absolute Gasteiger partial charge is 0.479 e. The Balaban J connectivity index is 1.55. The van der Waals surface area contributed by atoms with Crippen molar-refractivity contribution in [2.24, 2.45) is 0 Å². The topological polar surface area (TPSA) is 72.0 Å². The number of likely N-dealkylation sites (tertiary alicyclic amines) is 1. The first-order valence-electron chi connectivity index (χ1n) is 11.8. The minimum atomic E-state index is -3.47. The van der Waals surface area contributed by atoms with Gasteiger partial charge in [-0.2, -0.15) is 4.98 Å². The van der Waals surface area contributed by atoms with E-state index in [4.69, 9.17) is 8.85 Å². The summed E-state index contributed by atoms with van der Waals surface area (Å²) in [4.78, 5) is 8.37. The van der Waals surface area contributed by atoms with Gasteiger partial charge in [-0.1, -0.05) is 0 Å². The molecule has 14 heteroatoms. The molecule has 1 unspecified atom stereocenters. The Bertz CT molecular complexity index is 1520. The molecule has 8 nitrogen and oxygen atoms in total. The number of anilines is 1. The van der Waals surface area contributed by atoms with E-state index in [1.54, 1.807) is 0 Å². The monoisotopic (exact) mass is 502 g/mol. The van der Waals surface area contributed by atoms with Crippen LogP contribution < -0.4 is 10.1 Å². The van der Waals surface area contributed by atoms with Gasteiger partial charge in [-0.25, -0.2) is 35.8 Å². The summed E-state index contributed by atoms with van der Waals surface area (Å²) in [5, 5.41) is 6.49. The lowest BCUT2D eigenvalue weighted by Crippen LogP contribution is -2.53. The number of methoxy groups -OCH3 is 1. The molecule has 1 saturated heterocycles. The van der Waals surface area contributed by atoms with Crippen LogP contribution in [0.15, 0.2) is 24.7 Å². The first kappa shape index (κ1) is 19.7. The average Bonchev–Trinajstić information content (AvgIpc) is 3.39. The Morgan fingerprint density at radius 2 is 2.06 bits per heavy atom. The van der Waals surface area contributed by atoms with Crippen LogP contribution in [-0.2, 0) is 0 Å². The maximum absolute atomic E-state index is 15.2. The maximum atomic E-state index is 15.2. The highest BCUT2D eigenvalue weighted by Crippen LogP contribution is 2.36. The van der Waals surface area contributed by atoms with Crippen LogP contribution in [0.1, 0.15) is 22.7 Å². The Morgan fingerprint density at radius 3 is 2.74 bits per heavy atom. The summed E-state index contributed by atoms with van der Waals surface area (Å²) >= 11 is 0. The van der Waals surface area contributed by atoms with E-state index in [1.807, 2.05) is 0 Å². The third kappa shape index (κ3) is 3.90. The van der Waals surface area contributed by atoms with E-state index in [9.17, 15) is 22.0 Å². The zero-order valence-electron chi connectivity index (χ0n) is 20.9. The molecule has 35 heavy (non-hydrogen) atoms. The molecule has 0 amide bonds. The first-order valence-corrected chi connectivity index (χ1v) is 10.3. The molecular formula is C21H19F6N7O. The van der Waals surface area contributed by atoms with E-state index in [1.165, 1.54) is 7.11 Å². The number of hydrogen-bond acceptors (Lipinski definition) is 6. The predicted molar refractivity (Wildman–Crippen MR) is 113 cm³/mol. The fraction of sp³-hybridized carbons (Fsp3) is 0.381. The number of fused-ring (bicyclic) bond motifs is 2. The van der Waals surface area contributed by atoms with Crippen LogP contribution in [0.3, 0.4) is 0 Å². The molecule has 0 bridgehead atoms. The number of alkyl halides is 4. The fourth-order valence-corrected chi connectivity index (χ4v) is 4.13. The molecule has 0 radical (unpaired) electrons. The number of nitrogens with zero attached hydrogens (tertiary/aromatic N) is 6. The molecule has 1 N–H and O–H groups in total. The van der Waals surface area contributed by atoms with Crippen LogP contribution in [0.4, 0.5) is 32.3 Å². The standard InChI is InChI=1S/C21H19F6N7O/c1-32-4-3-14(21(26,27)9-32)29-20-30-19(35-2)16-15(12(23)8-34(16)31-20)10-5-11(22)18-28-6-13(17(24)25)33(18)7-10/h5-8,14,17H,3-4,9H2,1-2H3,(H,29,31)/i1D3. The lowest BCUT2D eigenvalue weighted by Gasteiger charge is -2.36. The van der Waals surface area contributed by atoms with Crippen molar-refractivity contribution < 1.29 is 35.2 Å². The summed E-state index contributed by atoms with van der Waals surface area (Å²) in [5.41, 5.74) is -1.53. The van der Waals surface area contributed by atoms with Gasteiger partial charge in [-0.05, 0) is 19.5 Å². The van der Waals surface area contributed by atoms with Crippen molar-refractivity contribution in [3.63, 3.8) is 0 Å². The molecule has 5 heterocycles. The number of imidazole rings is 1. The van der Waals surface area contributed by atoms with Gasteiger partial charge in [0.2, 0.25) is 11.8 Å². The fourth-order valence-electron chi connectivity index (χ4n) is 4.13. The van der Waals surface area contributed by atoms with Crippen LogP contribution in [0.5, 0.6) is 5.88 Å². The SMILES string of the molecule is [2H]C([2H])([2H])N1CCC(Nc2nc(OC)c3c(-c4cc(F)c5ncc(C(F)F)n5c4)c(F)cn3n2)C(F)(F)C1. The molecule has 1 aliphatic rings. The summed E-state index contributed by atoms with van der Waals surface area (Å²) in [6.45, 7) is -3.85. The van der Waals surface area contributed by atoms with E-state index in [2.05, 4.69) is 20.4 Å². The molecule has 0 aromatic carbocycles. The van der Waals surface area contributed by atoms with Gasteiger partial charge in [0, 0.05) is 22.4 Å². The molecule has 4 aromatic heterocycles. The Kier molecular flexibility index (Phi) is 4.67. The second-order valence-corrected chi connectivity index (χ2v) is 8.01. The second-order valence-electron chi connectivity index (χ2n) is 8.01. The van der Waals surface area contributed by atoms with Crippen molar-refractivity contribution in [3.8, 4) is 17.0 Å². The Hall–Kier alpha value is -3.55. The van der Waals surface area contributed by atoms with E-state index >= 15 is 4.39 Å². The highest BCUT2D eigenvalue weighted by molar-refractivity contribution is 5.85. The van der Waals surface area contributed by atoms with Gasteiger partial charge < -0.3 is 15.0 Å². The molecule has 0 saturated carbocycles. The number of pyridine rings is 1. The van der Waals surface area contributed by atoms with E-state index in [0.29, 0.717) is 4.90 Å². The molecule has 1 aliphatic heterocycles. The molecular weight excluding hydrogens is 480 g/mol. The van der Waals surface area contributed by atoms with Crippen LogP contribution >= 0.6 is 0 Å². The first-order chi connectivity index (χ1) is 17.8. The van der Waals surface area contributed by atoms with Gasteiger partial charge >= 0.3 is 0 Å². The van der Waals surface area contributed by atoms with Gasteiger partial charge in [0.05, 0.1) is 37.7 Å². The number of aromatic nitrogens is 5. The molecule has 4 aromatic rings. The number of rotatable bonds is 5. The van der Waals surface area contributed by atoms with E-state index in [-0.39, 0.29) is 47.1 Å². The molecule has 0 spiro atoms. The smallest absolute Gasteiger partial charge is 0.280 e. The summed E-state index contributed by atoms with van der Waals surface area (Å²) in [6.07, 6.45) is -0.472. The quantitative estimate of drug-likeness (QED) is 0.416. The van der Waals surface area contributed by atoms with Gasteiger partial charge in [0.25, 0.3) is 12.3 Å². The van der Waals surface area contributed by atoms with E-state index in [0.717, 1.165) is 33.6 Å². The number of halogens is 6. The zero-order chi connectivity index (χ0) is 27.6. The average molecular weight is 502 g/mol. The van der Waals surface area contributed by atoms with E-state index < -0.39 is 49.2 Å². The molecule has 0 aliphatic carbocycles. The third-order valence-electron chi connectivity index (χ3n) is 5.75. The zero-order valence-corrected chi connectivity index (χ0v) is 17.9. The van der Waals surface area contributed by atoms with Crippen LogP contribution in [-0.4, -0.2) is 68.0 Å². The van der Waals surface area contributed by atoms with Crippen molar-refractivity contribution in [3.05, 3.63) is 42.0 Å². The second kappa shape index (κ2) is 8.29. The third-order valence-corrected chi connectivity index (χ3v) is 5.75. The molecule has 186 valence electrons. The van der Waals surface area contributed by atoms with Crippen LogP contribution in [0, 0.1) is 11.6 Å². The van der Waals surface area contributed by atoms with Crippen molar-refractivity contribution in [1.82, 2.24) is 28.9 Å². The van der Waals surface area contributed by atoms with Gasteiger partial charge in [0.15, 0.2) is 17.3 Å². The Morgan fingerprint density at radius 1 is 1.26 bits per heavy atom.